The molecule has 0 atom stereocenters. The standard InChI is InChI=1S/C14H10F3N3/c15-10-5-12(17)13(6-11(10)16)18-7-9-8-20-4-2-1-3-14(20)19-9/h1-6,8,18H,7H2. The average molecular weight is 277 g/mol. The molecule has 0 fully saturated rings. The van der Waals surface area contributed by atoms with Gasteiger partial charge in [0.2, 0.25) is 0 Å². The minimum atomic E-state index is -1.21. The van der Waals surface area contributed by atoms with Crippen molar-refractivity contribution in [3.8, 4) is 0 Å². The minimum absolute atomic E-state index is 0.0963. The maximum Gasteiger partial charge on any atom is 0.161 e. The van der Waals surface area contributed by atoms with Crippen LogP contribution in [0.3, 0.4) is 0 Å². The molecule has 0 bridgehead atoms. The Morgan fingerprint density at radius 1 is 1.05 bits per heavy atom. The predicted molar refractivity (Wildman–Crippen MR) is 68.8 cm³/mol. The van der Waals surface area contributed by atoms with Gasteiger partial charge < -0.3 is 9.72 Å². The Kier molecular flexibility index (Phi) is 3.06. The van der Waals surface area contributed by atoms with Gasteiger partial charge in [0, 0.05) is 24.5 Å². The number of hydrogen-bond acceptors (Lipinski definition) is 2. The molecular weight excluding hydrogens is 267 g/mol. The molecule has 0 unspecified atom stereocenters. The highest BCUT2D eigenvalue weighted by Crippen LogP contribution is 2.19. The van der Waals surface area contributed by atoms with E-state index in [1.165, 1.54) is 0 Å². The number of pyridine rings is 1. The SMILES string of the molecule is Fc1cc(F)c(NCc2cn3ccccc3n2)cc1F. The lowest BCUT2D eigenvalue weighted by molar-refractivity contribution is 0.496. The van der Waals surface area contributed by atoms with Crippen LogP contribution < -0.4 is 5.32 Å². The number of halogens is 3. The van der Waals surface area contributed by atoms with E-state index in [0.717, 1.165) is 11.7 Å². The number of rotatable bonds is 3. The Labute approximate surface area is 112 Å². The van der Waals surface area contributed by atoms with Gasteiger partial charge >= 0.3 is 0 Å². The van der Waals surface area contributed by atoms with Crippen LogP contribution in [0.25, 0.3) is 5.65 Å². The molecule has 0 aliphatic carbocycles. The molecule has 0 aliphatic rings. The fourth-order valence-electron chi connectivity index (χ4n) is 1.92. The van der Waals surface area contributed by atoms with Crippen molar-refractivity contribution in [1.29, 1.82) is 0 Å². The van der Waals surface area contributed by atoms with Crippen molar-refractivity contribution in [3.05, 3.63) is 65.9 Å². The lowest BCUT2D eigenvalue weighted by atomic mass is 10.2. The van der Waals surface area contributed by atoms with Crippen molar-refractivity contribution in [3.63, 3.8) is 0 Å². The summed E-state index contributed by atoms with van der Waals surface area (Å²) in [5.41, 5.74) is 1.33. The molecule has 2 aromatic heterocycles. The number of nitrogens with zero attached hydrogens (tertiary/aromatic N) is 2. The molecule has 0 saturated carbocycles. The Morgan fingerprint density at radius 2 is 1.85 bits per heavy atom. The third-order valence-electron chi connectivity index (χ3n) is 2.88. The molecule has 2 heterocycles. The van der Waals surface area contributed by atoms with Crippen molar-refractivity contribution in [2.45, 2.75) is 6.54 Å². The molecule has 20 heavy (non-hydrogen) atoms. The Hall–Kier alpha value is -2.50. The van der Waals surface area contributed by atoms with E-state index in [2.05, 4.69) is 10.3 Å². The summed E-state index contributed by atoms with van der Waals surface area (Å²) in [6.07, 6.45) is 3.62. The summed E-state index contributed by atoms with van der Waals surface area (Å²) in [4.78, 5) is 4.31. The quantitative estimate of drug-likeness (QED) is 0.744. The van der Waals surface area contributed by atoms with Crippen molar-refractivity contribution in [2.24, 2.45) is 0 Å². The van der Waals surface area contributed by atoms with Crippen LogP contribution in [0, 0.1) is 17.5 Å². The van der Waals surface area contributed by atoms with Gasteiger partial charge in [-0.1, -0.05) is 6.07 Å². The zero-order chi connectivity index (χ0) is 14.1. The molecule has 1 N–H and O–H groups in total. The van der Waals surface area contributed by atoms with E-state index in [0.29, 0.717) is 11.8 Å². The van der Waals surface area contributed by atoms with Crippen LogP contribution in [0.4, 0.5) is 18.9 Å². The molecule has 6 heteroatoms. The second-order valence-corrected chi connectivity index (χ2v) is 4.30. The predicted octanol–water partition coefficient (Wildman–Crippen LogP) is 3.36. The number of imidazole rings is 1. The highest BCUT2D eigenvalue weighted by molar-refractivity contribution is 5.46. The Morgan fingerprint density at radius 3 is 2.65 bits per heavy atom. The molecule has 3 nitrogen and oxygen atoms in total. The summed E-state index contributed by atoms with van der Waals surface area (Å²) in [6.45, 7) is 0.212. The van der Waals surface area contributed by atoms with Crippen LogP contribution in [0.2, 0.25) is 0 Å². The maximum atomic E-state index is 13.4. The zero-order valence-corrected chi connectivity index (χ0v) is 10.3. The first-order valence-corrected chi connectivity index (χ1v) is 5.94. The smallest absolute Gasteiger partial charge is 0.161 e. The van der Waals surface area contributed by atoms with Gasteiger partial charge in [0.25, 0.3) is 0 Å². The molecule has 0 spiro atoms. The normalized spacial score (nSPS) is 10.9. The van der Waals surface area contributed by atoms with E-state index in [-0.39, 0.29) is 12.2 Å². The summed E-state index contributed by atoms with van der Waals surface area (Å²) in [5, 5.41) is 2.70. The van der Waals surface area contributed by atoms with E-state index >= 15 is 0 Å². The first-order chi connectivity index (χ1) is 9.63. The second-order valence-electron chi connectivity index (χ2n) is 4.30. The number of aromatic nitrogens is 2. The summed E-state index contributed by atoms with van der Waals surface area (Å²) in [7, 11) is 0. The maximum absolute atomic E-state index is 13.4. The molecule has 0 amide bonds. The molecule has 0 saturated heterocycles. The molecule has 102 valence electrons. The largest absolute Gasteiger partial charge is 0.377 e. The lowest BCUT2D eigenvalue weighted by Gasteiger charge is -2.06. The second kappa shape index (κ2) is 4.88. The molecule has 0 radical (unpaired) electrons. The van der Waals surface area contributed by atoms with Crippen LogP contribution in [-0.2, 0) is 6.54 Å². The van der Waals surface area contributed by atoms with Gasteiger partial charge in [-0.15, -0.1) is 0 Å². The van der Waals surface area contributed by atoms with E-state index in [1.807, 2.05) is 28.8 Å². The van der Waals surface area contributed by atoms with Crippen LogP contribution >= 0.6 is 0 Å². The van der Waals surface area contributed by atoms with E-state index in [9.17, 15) is 13.2 Å². The Bertz CT molecular complexity index is 734. The number of fused-ring (bicyclic) bond motifs is 1. The zero-order valence-electron chi connectivity index (χ0n) is 10.3. The van der Waals surface area contributed by atoms with Crippen LogP contribution in [0.15, 0.2) is 42.7 Å². The van der Waals surface area contributed by atoms with Crippen molar-refractivity contribution >= 4 is 11.3 Å². The van der Waals surface area contributed by atoms with Crippen LogP contribution in [0.1, 0.15) is 5.69 Å². The highest BCUT2D eigenvalue weighted by Gasteiger charge is 2.10. The van der Waals surface area contributed by atoms with Gasteiger partial charge in [0.15, 0.2) is 11.6 Å². The van der Waals surface area contributed by atoms with Crippen LogP contribution in [0.5, 0.6) is 0 Å². The van der Waals surface area contributed by atoms with Gasteiger partial charge in [-0.2, -0.15) is 0 Å². The van der Waals surface area contributed by atoms with E-state index < -0.39 is 17.5 Å². The van der Waals surface area contributed by atoms with Gasteiger partial charge in [0.1, 0.15) is 11.5 Å². The van der Waals surface area contributed by atoms with Crippen molar-refractivity contribution in [2.75, 3.05) is 5.32 Å². The fraction of sp³-hybridized carbons (Fsp3) is 0.0714. The minimum Gasteiger partial charge on any atom is -0.377 e. The third-order valence-corrected chi connectivity index (χ3v) is 2.88. The third kappa shape index (κ3) is 2.32. The monoisotopic (exact) mass is 277 g/mol. The van der Waals surface area contributed by atoms with Gasteiger partial charge in [-0.25, -0.2) is 18.2 Å². The van der Waals surface area contributed by atoms with Gasteiger partial charge in [0.05, 0.1) is 17.9 Å². The number of nitrogens with one attached hydrogen (secondary N) is 1. The summed E-state index contributed by atoms with van der Waals surface area (Å²) < 4.78 is 41.1. The molecule has 3 aromatic rings. The molecule has 0 aliphatic heterocycles. The Balaban J connectivity index is 1.81. The summed E-state index contributed by atoms with van der Waals surface area (Å²) >= 11 is 0. The number of anilines is 1. The van der Waals surface area contributed by atoms with Crippen LogP contribution in [-0.4, -0.2) is 9.38 Å². The lowest BCUT2D eigenvalue weighted by Crippen LogP contribution is -2.03. The first-order valence-electron chi connectivity index (χ1n) is 5.94. The first kappa shape index (κ1) is 12.5. The molecule has 3 rings (SSSR count). The van der Waals surface area contributed by atoms with Crippen molar-refractivity contribution in [1.82, 2.24) is 9.38 Å². The van der Waals surface area contributed by atoms with Crippen molar-refractivity contribution < 1.29 is 13.2 Å². The van der Waals surface area contributed by atoms with Gasteiger partial charge in [-0.3, -0.25) is 0 Å². The van der Waals surface area contributed by atoms with E-state index in [1.54, 1.807) is 6.20 Å². The fourth-order valence-corrected chi connectivity index (χ4v) is 1.92. The topological polar surface area (TPSA) is 29.3 Å². The molecule has 1 aromatic carbocycles. The van der Waals surface area contributed by atoms with E-state index in [4.69, 9.17) is 0 Å². The number of benzene rings is 1. The summed E-state index contributed by atoms with van der Waals surface area (Å²) in [5.74, 6) is -3.14. The van der Waals surface area contributed by atoms with Gasteiger partial charge in [-0.05, 0) is 12.1 Å². The highest BCUT2D eigenvalue weighted by atomic mass is 19.2. The average Bonchev–Trinajstić information content (AvgIpc) is 2.84. The number of hydrogen-bond donors (Lipinski definition) is 1. The summed E-state index contributed by atoms with van der Waals surface area (Å²) in [6, 6.07) is 6.86. The molecular formula is C14H10F3N3.